The molecule has 0 fully saturated rings. The smallest absolute Gasteiger partial charge is 0.343 e. The van der Waals surface area contributed by atoms with Crippen LogP contribution in [0.4, 0.5) is 0 Å². The van der Waals surface area contributed by atoms with Crippen LogP contribution in [0, 0.1) is 0 Å². The minimum Gasteiger partial charge on any atom is -0.493 e. The van der Waals surface area contributed by atoms with Gasteiger partial charge in [-0.15, -0.1) is 0 Å². The maximum absolute atomic E-state index is 12.7. The molecule has 3 aromatic carbocycles. The van der Waals surface area contributed by atoms with Gasteiger partial charge in [-0.2, -0.15) is 0 Å². The predicted molar refractivity (Wildman–Crippen MR) is 118 cm³/mol. The molecule has 0 radical (unpaired) electrons. The molecule has 2 N–H and O–H groups in total. The Labute approximate surface area is 193 Å². The monoisotopic (exact) mass is 468 g/mol. The van der Waals surface area contributed by atoms with Gasteiger partial charge in [0.1, 0.15) is 0 Å². The minimum atomic E-state index is -1.15. The van der Waals surface area contributed by atoms with E-state index < -0.39 is 17.9 Å². The van der Waals surface area contributed by atoms with E-state index in [1.807, 2.05) is 0 Å². The summed E-state index contributed by atoms with van der Waals surface area (Å²) in [6, 6.07) is 12.3. The van der Waals surface area contributed by atoms with Gasteiger partial charge in [0.15, 0.2) is 34.5 Å². The molecule has 10 heteroatoms. The summed E-state index contributed by atoms with van der Waals surface area (Å²) in [7, 11) is 4.09. The molecule has 0 spiro atoms. The van der Waals surface area contributed by atoms with Crippen molar-refractivity contribution in [1.82, 2.24) is 0 Å². The van der Waals surface area contributed by atoms with Gasteiger partial charge in [0.2, 0.25) is 0 Å². The second-order valence-electron chi connectivity index (χ2n) is 6.70. The van der Waals surface area contributed by atoms with Crippen molar-refractivity contribution < 1.29 is 48.3 Å². The van der Waals surface area contributed by atoms with Crippen molar-refractivity contribution >= 4 is 17.9 Å². The molecule has 10 nitrogen and oxygen atoms in total. The molecule has 0 aliphatic carbocycles. The van der Waals surface area contributed by atoms with Crippen LogP contribution in [-0.4, -0.2) is 49.5 Å². The molecule has 0 bridgehead atoms. The van der Waals surface area contributed by atoms with Crippen molar-refractivity contribution in [2.45, 2.75) is 0 Å². The van der Waals surface area contributed by atoms with Gasteiger partial charge in [-0.3, -0.25) is 0 Å². The Balaban J connectivity index is 1.85. The average molecular weight is 468 g/mol. The van der Waals surface area contributed by atoms with Crippen LogP contribution in [0.15, 0.2) is 54.6 Å². The zero-order chi connectivity index (χ0) is 24.8. The number of carboxylic acids is 2. The fourth-order valence-corrected chi connectivity index (χ4v) is 2.93. The van der Waals surface area contributed by atoms with Crippen LogP contribution in [0.5, 0.6) is 34.5 Å². The molecule has 0 heterocycles. The first-order chi connectivity index (χ1) is 16.3. The number of rotatable bonds is 9. The lowest BCUT2D eigenvalue weighted by Crippen LogP contribution is -2.10. The van der Waals surface area contributed by atoms with E-state index in [0.717, 1.165) is 0 Å². The number of hydrogen-bond acceptors (Lipinski definition) is 8. The third kappa shape index (κ3) is 5.18. The van der Waals surface area contributed by atoms with Crippen molar-refractivity contribution in [3.05, 3.63) is 71.3 Å². The number of aromatic carboxylic acids is 2. The molecule has 0 saturated heterocycles. The molecule has 0 amide bonds. The van der Waals surface area contributed by atoms with Crippen LogP contribution in [0.3, 0.4) is 0 Å². The molecule has 176 valence electrons. The lowest BCUT2D eigenvalue weighted by atomic mass is 10.2. The first-order valence-corrected chi connectivity index (χ1v) is 9.68. The summed E-state index contributed by atoms with van der Waals surface area (Å²) in [5.41, 5.74) is 0.134. The number of esters is 1. The molecule has 0 aromatic heterocycles. The van der Waals surface area contributed by atoms with Gasteiger partial charge in [0, 0.05) is 0 Å². The fourth-order valence-electron chi connectivity index (χ4n) is 2.93. The molecule has 0 unspecified atom stereocenters. The highest BCUT2D eigenvalue weighted by atomic mass is 16.6. The van der Waals surface area contributed by atoms with E-state index in [-0.39, 0.29) is 51.2 Å². The van der Waals surface area contributed by atoms with Gasteiger partial charge >= 0.3 is 17.9 Å². The van der Waals surface area contributed by atoms with Gasteiger partial charge in [-0.25, -0.2) is 14.4 Å². The normalized spacial score (nSPS) is 10.2. The van der Waals surface area contributed by atoms with Crippen LogP contribution in [0.1, 0.15) is 31.1 Å². The number of hydrogen-bond donors (Lipinski definition) is 2. The number of benzene rings is 3. The third-order valence-electron chi connectivity index (χ3n) is 4.64. The van der Waals surface area contributed by atoms with E-state index in [9.17, 15) is 14.4 Å². The number of carbonyl (C=O) groups is 3. The van der Waals surface area contributed by atoms with E-state index in [1.165, 1.54) is 75.9 Å². The lowest BCUT2D eigenvalue weighted by Gasteiger charge is -2.14. The van der Waals surface area contributed by atoms with Gasteiger partial charge in [0.05, 0.1) is 38.0 Å². The topological polar surface area (TPSA) is 138 Å². The molecule has 0 aliphatic heterocycles. The van der Waals surface area contributed by atoms with E-state index in [0.29, 0.717) is 0 Å². The van der Waals surface area contributed by atoms with Crippen molar-refractivity contribution in [3.8, 4) is 34.5 Å². The van der Waals surface area contributed by atoms with Crippen molar-refractivity contribution in [1.29, 1.82) is 0 Å². The molecular weight excluding hydrogens is 448 g/mol. The summed E-state index contributed by atoms with van der Waals surface area (Å²) >= 11 is 0. The Bertz CT molecular complexity index is 1250. The Hall–Kier alpha value is -4.73. The average Bonchev–Trinajstić information content (AvgIpc) is 2.84. The largest absolute Gasteiger partial charge is 0.493 e. The molecule has 0 aliphatic rings. The van der Waals surface area contributed by atoms with Gasteiger partial charge in [-0.1, -0.05) is 0 Å². The standard InChI is InChI=1S/C24H20O10/c1-30-19-10-13(22(25)26)4-7-16(19)33-17-9-6-15(12-21(17)32-3)24(29)34-18-8-5-14(23(27)28)11-20(18)31-2/h4-12H,1-3H3,(H,25,26)(H,27,28). The third-order valence-corrected chi connectivity index (χ3v) is 4.64. The van der Waals surface area contributed by atoms with Crippen LogP contribution < -0.4 is 23.7 Å². The maximum atomic E-state index is 12.7. The number of carbonyl (C=O) groups excluding carboxylic acids is 1. The van der Waals surface area contributed by atoms with E-state index in [1.54, 1.807) is 0 Å². The van der Waals surface area contributed by atoms with E-state index in [4.69, 9.17) is 33.9 Å². The molecule has 3 rings (SSSR count). The SMILES string of the molecule is COc1cc(C(=O)O)ccc1OC(=O)c1ccc(Oc2ccc(C(=O)O)cc2OC)c(OC)c1. The van der Waals surface area contributed by atoms with Crippen LogP contribution >= 0.6 is 0 Å². The van der Waals surface area contributed by atoms with Crippen molar-refractivity contribution in [2.24, 2.45) is 0 Å². The first-order valence-electron chi connectivity index (χ1n) is 9.68. The number of ether oxygens (including phenoxy) is 5. The Morgan fingerprint density at radius 1 is 0.559 bits per heavy atom. The Kier molecular flexibility index (Phi) is 7.22. The van der Waals surface area contributed by atoms with Crippen molar-refractivity contribution in [2.75, 3.05) is 21.3 Å². The second kappa shape index (κ2) is 10.3. The summed E-state index contributed by atoms with van der Waals surface area (Å²) in [5, 5.41) is 18.2. The summed E-state index contributed by atoms with van der Waals surface area (Å²) < 4.78 is 26.8. The van der Waals surface area contributed by atoms with Gasteiger partial charge < -0.3 is 33.9 Å². The lowest BCUT2D eigenvalue weighted by molar-refractivity contribution is 0.0685. The second-order valence-corrected chi connectivity index (χ2v) is 6.70. The molecule has 34 heavy (non-hydrogen) atoms. The first kappa shape index (κ1) is 23.9. The summed E-state index contributed by atoms with van der Waals surface area (Å²) in [4.78, 5) is 35.0. The fraction of sp³-hybridized carbons (Fsp3) is 0.125. The molecule has 0 atom stereocenters. The zero-order valence-electron chi connectivity index (χ0n) is 18.4. The van der Waals surface area contributed by atoms with E-state index in [2.05, 4.69) is 0 Å². The maximum Gasteiger partial charge on any atom is 0.343 e. The highest BCUT2D eigenvalue weighted by Crippen LogP contribution is 2.38. The molecule has 3 aromatic rings. The Morgan fingerprint density at radius 3 is 1.38 bits per heavy atom. The summed E-state index contributed by atoms with van der Waals surface area (Å²) in [6.45, 7) is 0. The molecular formula is C24H20O10. The van der Waals surface area contributed by atoms with Crippen LogP contribution in [-0.2, 0) is 0 Å². The highest BCUT2D eigenvalue weighted by molar-refractivity contribution is 5.93. The van der Waals surface area contributed by atoms with Gasteiger partial charge in [0.25, 0.3) is 0 Å². The Morgan fingerprint density at radius 2 is 0.941 bits per heavy atom. The highest BCUT2D eigenvalue weighted by Gasteiger charge is 2.18. The van der Waals surface area contributed by atoms with Crippen LogP contribution in [0.2, 0.25) is 0 Å². The summed E-state index contributed by atoms with van der Waals surface area (Å²) in [6.07, 6.45) is 0. The number of methoxy groups -OCH3 is 3. The van der Waals surface area contributed by atoms with E-state index >= 15 is 0 Å². The van der Waals surface area contributed by atoms with Crippen LogP contribution in [0.25, 0.3) is 0 Å². The summed E-state index contributed by atoms with van der Waals surface area (Å²) in [5.74, 6) is -2.00. The quantitative estimate of drug-likeness (QED) is 0.348. The van der Waals surface area contributed by atoms with Crippen molar-refractivity contribution in [3.63, 3.8) is 0 Å². The number of carboxylic acid groups (broad SMARTS) is 2. The zero-order valence-corrected chi connectivity index (χ0v) is 18.4. The molecule has 0 saturated carbocycles. The minimum absolute atomic E-state index is 0.0216. The predicted octanol–water partition coefficient (Wildman–Crippen LogP) is 4.12. The van der Waals surface area contributed by atoms with Gasteiger partial charge in [-0.05, 0) is 54.6 Å².